The molecular formula is C34H56Cl2N2. The SMILES string of the molecule is CCCCCCc1ccc(CNCC2CCCC(CNCc3ccc(CCCCCC)cc3)C2)cc1.Cl.Cl. The normalized spacial score (nSPS) is 17.0. The Kier molecular flexibility index (Phi) is 20.0. The molecule has 2 unspecified atom stereocenters. The minimum Gasteiger partial charge on any atom is -0.312 e. The van der Waals surface area contributed by atoms with Gasteiger partial charge in [0.2, 0.25) is 0 Å². The summed E-state index contributed by atoms with van der Waals surface area (Å²) in [6.45, 7) is 8.89. The lowest BCUT2D eigenvalue weighted by Crippen LogP contribution is -2.31. The number of halogens is 2. The van der Waals surface area contributed by atoms with Crippen LogP contribution in [0.1, 0.15) is 113 Å². The highest BCUT2D eigenvalue weighted by molar-refractivity contribution is 5.85. The summed E-state index contributed by atoms with van der Waals surface area (Å²) < 4.78 is 0. The molecule has 0 radical (unpaired) electrons. The van der Waals surface area contributed by atoms with Crippen LogP contribution in [0, 0.1) is 11.8 Å². The van der Waals surface area contributed by atoms with Gasteiger partial charge >= 0.3 is 0 Å². The molecule has 0 amide bonds. The molecule has 216 valence electrons. The van der Waals surface area contributed by atoms with E-state index in [0.29, 0.717) is 0 Å². The summed E-state index contributed by atoms with van der Waals surface area (Å²) in [6, 6.07) is 18.7. The van der Waals surface area contributed by atoms with E-state index < -0.39 is 0 Å². The van der Waals surface area contributed by atoms with E-state index in [1.807, 2.05) is 0 Å². The minimum absolute atomic E-state index is 0. The van der Waals surface area contributed by atoms with E-state index in [-0.39, 0.29) is 24.8 Å². The Morgan fingerprint density at radius 1 is 0.553 bits per heavy atom. The number of hydrogen-bond acceptors (Lipinski definition) is 2. The van der Waals surface area contributed by atoms with Crippen molar-refractivity contribution < 1.29 is 0 Å². The summed E-state index contributed by atoms with van der Waals surface area (Å²) >= 11 is 0. The molecule has 0 heterocycles. The third-order valence-electron chi connectivity index (χ3n) is 8.10. The molecule has 2 aromatic carbocycles. The molecule has 4 heteroatoms. The predicted octanol–water partition coefficient (Wildman–Crippen LogP) is 9.46. The van der Waals surface area contributed by atoms with Crippen molar-refractivity contribution in [3.63, 3.8) is 0 Å². The van der Waals surface area contributed by atoms with Gasteiger partial charge in [-0.25, -0.2) is 0 Å². The predicted molar refractivity (Wildman–Crippen MR) is 172 cm³/mol. The van der Waals surface area contributed by atoms with Gasteiger partial charge in [0.1, 0.15) is 0 Å². The van der Waals surface area contributed by atoms with E-state index in [2.05, 4.69) is 73.0 Å². The van der Waals surface area contributed by atoms with Crippen molar-refractivity contribution in [1.29, 1.82) is 0 Å². The lowest BCUT2D eigenvalue weighted by atomic mass is 9.81. The van der Waals surface area contributed by atoms with Crippen LogP contribution in [0.3, 0.4) is 0 Å². The Morgan fingerprint density at radius 3 is 1.34 bits per heavy atom. The Labute approximate surface area is 247 Å². The zero-order valence-corrected chi connectivity index (χ0v) is 26.0. The maximum absolute atomic E-state index is 3.76. The molecule has 1 saturated carbocycles. The van der Waals surface area contributed by atoms with Gasteiger partial charge < -0.3 is 10.6 Å². The van der Waals surface area contributed by atoms with Crippen LogP contribution < -0.4 is 10.6 Å². The highest BCUT2D eigenvalue weighted by atomic mass is 35.5. The van der Waals surface area contributed by atoms with E-state index in [1.165, 1.54) is 112 Å². The van der Waals surface area contributed by atoms with Gasteiger partial charge in [-0.15, -0.1) is 24.8 Å². The monoisotopic (exact) mass is 562 g/mol. The molecule has 1 aliphatic carbocycles. The van der Waals surface area contributed by atoms with Gasteiger partial charge in [-0.2, -0.15) is 0 Å². The van der Waals surface area contributed by atoms with Gasteiger partial charge in [0.15, 0.2) is 0 Å². The molecule has 0 spiro atoms. The molecule has 1 fully saturated rings. The van der Waals surface area contributed by atoms with Crippen molar-refractivity contribution in [2.24, 2.45) is 11.8 Å². The van der Waals surface area contributed by atoms with Crippen molar-refractivity contribution in [2.75, 3.05) is 13.1 Å². The fourth-order valence-electron chi connectivity index (χ4n) is 5.77. The molecule has 2 aromatic rings. The fraction of sp³-hybridized carbons (Fsp3) is 0.647. The molecule has 2 atom stereocenters. The van der Waals surface area contributed by atoms with E-state index >= 15 is 0 Å². The zero-order valence-electron chi connectivity index (χ0n) is 24.3. The molecular weight excluding hydrogens is 507 g/mol. The molecule has 0 saturated heterocycles. The topological polar surface area (TPSA) is 24.1 Å². The van der Waals surface area contributed by atoms with Crippen molar-refractivity contribution in [2.45, 2.75) is 117 Å². The zero-order chi connectivity index (χ0) is 25.3. The third kappa shape index (κ3) is 14.4. The number of aryl methyl sites for hydroxylation is 2. The summed E-state index contributed by atoms with van der Waals surface area (Å²) in [5.74, 6) is 1.66. The molecule has 0 aliphatic heterocycles. The second-order valence-electron chi connectivity index (χ2n) is 11.4. The van der Waals surface area contributed by atoms with E-state index in [4.69, 9.17) is 0 Å². The van der Waals surface area contributed by atoms with Crippen LogP contribution in [0.5, 0.6) is 0 Å². The first-order chi connectivity index (χ1) is 17.8. The highest BCUT2D eigenvalue weighted by Crippen LogP contribution is 2.28. The number of rotatable bonds is 18. The van der Waals surface area contributed by atoms with Crippen LogP contribution in [0.15, 0.2) is 48.5 Å². The van der Waals surface area contributed by atoms with E-state index in [9.17, 15) is 0 Å². The van der Waals surface area contributed by atoms with Crippen LogP contribution >= 0.6 is 24.8 Å². The summed E-state index contributed by atoms with van der Waals surface area (Å²) in [5.41, 5.74) is 5.84. The molecule has 1 aliphatic rings. The average Bonchev–Trinajstić information content (AvgIpc) is 2.91. The van der Waals surface area contributed by atoms with Crippen LogP contribution in [0.4, 0.5) is 0 Å². The first-order valence-electron chi connectivity index (χ1n) is 15.3. The molecule has 2 N–H and O–H groups in total. The van der Waals surface area contributed by atoms with Crippen LogP contribution in [-0.4, -0.2) is 13.1 Å². The van der Waals surface area contributed by atoms with Gasteiger partial charge in [0.25, 0.3) is 0 Å². The first-order valence-corrected chi connectivity index (χ1v) is 15.3. The molecule has 0 aromatic heterocycles. The quantitative estimate of drug-likeness (QED) is 0.177. The van der Waals surface area contributed by atoms with Gasteiger partial charge in [-0.05, 0) is 92.1 Å². The van der Waals surface area contributed by atoms with Crippen LogP contribution in [0.2, 0.25) is 0 Å². The molecule has 3 rings (SSSR count). The standard InChI is InChI=1S/C34H54N2.2ClH/c1-3-5-7-9-12-29-16-20-31(21-17-29)25-35-27-33-14-11-15-34(24-33)28-36-26-32-22-18-30(19-23-32)13-10-8-6-4-2;;/h16-23,33-36H,3-15,24-28H2,1-2H3;2*1H. The summed E-state index contributed by atoms with van der Waals surface area (Å²) in [6.07, 6.45) is 18.8. The Bertz CT molecular complexity index is 739. The fourth-order valence-corrected chi connectivity index (χ4v) is 5.77. The Balaban J connectivity index is 0.00000361. The molecule has 0 bridgehead atoms. The van der Waals surface area contributed by atoms with Gasteiger partial charge in [0, 0.05) is 13.1 Å². The highest BCUT2D eigenvalue weighted by Gasteiger charge is 2.21. The lowest BCUT2D eigenvalue weighted by molar-refractivity contribution is 0.252. The number of benzene rings is 2. The smallest absolute Gasteiger partial charge is 0.0205 e. The minimum atomic E-state index is 0. The number of nitrogens with one attached hydrogen (secondary N) is 2. The van der Waals surface area contributed by atoms with Gasteiger partial charge in [-0.1, -0.05) is 107 Å². The first kappa shape index (κ1) is 35.0. The number of hydrogen-bond donors (Lipinski definition) is 2. The second kappa shape index (κ2) is 21.7. The number of unbranched alkanes of at least 4 members (excludes halogenated alkanes) is 6. The van der Waals surface area contributed by atoms with Crippen LogP contribution in [-0.2, 0) is 25.9 Å². The third-order valence-corrected chi connectivity index (χ3v) is 8.10. The van der Waals surface area contributed by atoms with Gasteiger partial charge in [-0.3, -0.25) is 0 Å². The van der Waals surface area contributed by atoms with E-state index in [1.54, 1.807) is 0 Å². The molecule has 2 nitrogen and oxygen atoms in total. The second-order valence-corrected chi connectivity index (χ2v) is 11.4. The summed E-state index contributed by atoms with van der Waals surface area (Å²) in [7, 11) is 0. The van der Waals surface area contributed by atoms with E-state index in [0.717, 1.165) is 38.0 Å². The van der Waals surface area contributed by atoms with Gasteiger partial charge in [0.05, 0.1) is 0 Å². The van der Waals surface area contributed by atoms with Crippen molar-refractivity contribution in [1.82, 2.24) is 10.6 Å². The summed E-state index contributed by atoms with van der Waals surface area (Å²) in [4.78, 5) is 0. The Hall–Kier alpha value is -1.06. The maximum atomic E-state index is 3.76. The maximum Gasteiger partial charge on any atom is 0.0205 e. The lowest BCUT2D eigenvalue weighted by Gasteiger charge is -2.29. The Morgan fingerprint density at radius 2 is 0.947 bits per heavy atom. The summed E-state index contributed by atoms with van der Waals surface area (Å²) in [5, 5.41) is 7.52. The van der Waals surface area contributed by atoms with Crippen molar-refractivity contribution >= 4 is 24.8 Å². The van der Waals surface area contributed by atoms with Crippen LogP contribution in [0.25, 0.3) is 0 Å². The van der Waals surface area contributed by atoms with Crippen molar-refractivity contribution in [3.05, 3.63) is 70.8 Å². The van der Waals surface area contributed by atoms with Crippen molar-refractivity contribution in [3.8, 4) is 0 Å². The average molecular weight is 564 g/mol. The largest absolute Gasteiger partial charge is 0.312 e. The molecule has 38 heavy (non-hydrogen) atoms.